The van der Waals surface area contributed by atoms with Crippen LogP contribution < -0.4 is 16.0 Å². The Balaban J connectivity index is 1.13. The van der Waals surface area contributed by atoms with Crippen molar-refractivity contribution in [3.05, 3.63) is 59.1 Å². The van der Waals surface area contributed by atoms with Gasteiger partial charge in [0.25, 0.3) is 5.91 Å². The Morgan fingerprint density at radius 1 is 1.07 bits per heavy atom. The van der Waals surface area contributed by atoms with Crippen LogP contribution in [0.1, 0.15) is 29.8 Å². The Bertz CT molecular complexity index is 1720. The van der Waals surface area contributed by atoms with Gasteiger partial charge in [-0.25, -0.2) is 15.0 Å². The molecule has 4 aromatic rings. The van der Waals surface area contributed by atoms with Crippen molar-refractivity contribution in [3.63, 3.8) is 0 Å². The summed E-state index contributed by atoms with van der Waals surface area (Å²) in [6, 6.07) is 10.1. The number of carbonyl (C=O) groups is 3. The summed E-state index contributed by atoms with van der Waals surface area (Å²) in [4.78, 5) is 56.3. The van der Waals surface area contributed by atoms with Gasteiger partial charge in [0.1, 0.15) is 23.0 Å². The Hall–Kier alpha value is -4.04. The number of thioether (sulfide) groups is 1. The van der Waals surface area contributed by atoms with E-state index in [9.17, 15) is 14.4 Å². The largest absolute Gasteiger partial charge is 0.364 e. The maximum absolute atomic E-state index is 13.6. The standard InChI is InChI=1S/C28H26BrN9O3S/c29-21-4-3-5-22(33-21)34-26(41)19-11-20-27(42-20)38(19)23(39)14-37-18-7-6-15(10-17(18)24(35-37)25(30)40)16-12-31-28(32-13-16)36-8-1-2-9-36/h3-7,10,12-13,19-20,27H,1-2,8-9,11,14H2,(H2,30,40)(H,33,34,41)/t19-,20+,27+/m0/s1. The highest BCUT2D eigenvalue weighted by Gasteiger charge is 2.57. The highest BCUT2D eigenvalue weighted by atomic mass is 79.9. The van der Waals surface area contributed by atoms with Crippen LogP contribution in [0.15, 0.2) is 53.4 Å². The van der Waals surface area contributed by atoms with Gasteiger partial charge in [0.15, 0.2) is 5.69 Å². The Morgan fingerprint density at radius 3 is 2.60 bits per heavy atom. The van der Waals surface area contributed by atoms with Crippen molar-refractivity contribution in [1.29, 1.82) is 0 Å². The predicted octanol–water partition coefficient (Wildman–Crippen LogP) is 3.03. The molecule has 3 amide bonds. The van der Waals surface area contributed by atoms with Crippen molar-refractivity contribution in [2.24, 2.45) is 5.73 Å². The second-order valence-electron chi connectivity index (χ2n) is 10.5. The second-order valence-corrected chi connectivity index (χ2v) is 12.7. The molecule has 1 aromatic carbocycles. The molecule has 214 valence electrons. The normalized spacial score (nSPS) is 21.0. The number of primary amides is 1. The molecule has 3 aromatic heterocycles. The minimum Gasteiger partial charge on any atom is -0.364 e. The lowest BCUT2D eigenvalue weighted by Gasteiger charge is -2.26. The van der Waals surface area contributed by atoms with Crippen LogP contribution in [0.4, 0.5) is 11.8 Å². The van der Waals surface area contributed by atoms with E-state index < -0.39 is 11.9 Å². The first-order valence-electron chi connectivity index (χ1n) is 13.6. The molecule has 42 heavy (non-hydrogen) atoms. The van der Waals surface area contributed by atoms with Crippen LogP contribution in [0.2, 0.25) is 0 Å². The average molecular weight is 649 g/mol. The third kappa shape index (κ3) is 4.98. The fourth-order valence-electron chi connectivity index (χ4n) is 5.72. The average Bonchev–Trinajstić information content (AvgIpc) is 3.33. The van der Waals surface area contributed by atoms with Gasteiger partial charge in [-0.15, -0.1) is 11.8 Å². The first-order valence-corrected chi connectivity index (χ1v) is 15.4. The van der Waals surface area contributed by atoms with Crippen LogP contribution in [0, 0.1) is 0 Å². The summed E-state index contributed by atoms with van der Waals surface area (Å²) >= 11 is 4.97. The Kier molecular flexibility index (Phi) is 6.81. The van der Waals surface area contributed by atoms with Gasteiger partial charge in [0.05, 0.1) is 10.9 Å². The van der Waals surface area contributed by atoms with Crippen LogP contribution in [0.5, 0.6) is 0 Å². The number of hydrogen-bond acceptors (Lipinski definition) is 9. The van der Waals surface area contributed by atoms with Gasteiger partial charge in [-0.1, -0.05) is 12.1 Å². The quantitative estimate of drug-likeness (QED) is 0.228. The molecule has 14 heteroatoms. The number of nitrogens with one attached hydrogen (secondary N) is 1. The smallest absolute Gasteiger partial charge is 0.269 e. The van der Waals surface area contributed by atoms with E-state index in [1.54, 1.807) is 47.3 Å². The highest BCUT2D eigenvalue weighted by Crippen LogP contribution is 2.53. The van der Waals surface area contributed by atoms with E-state index >= 15 is 0 Å². The number of halogens is 1. The number of fused-ring (bicyclic) bond motifs is 2. The van der Waals surface area contributed by atoms with Crippen LogP contribution in [0.3, 0.4) is 0 Å². The van der Waals surface area contributed by atoms with E-state index in [4.69, 9.17) is 5.73 Å². The Labute approximate surface area is 253 Å². The topological polar surface area (TPSA) is 152 Å². The van der Waals surface area contributed by atoms with E-state index in [2.05, 4.69) is 46.2 Å². The van der Waals surface area contributed by atoms with Crippen LogP contribution in [-0.4, -0.2) is 77.1 Å². The minimum atomic E-state index is -0.693. The fraction of sp³-hybridized carbons (Fsp3) is 0.321. The molecule has 0 spiro atoms. The zero-order valence-electron chi connectivity index (χ0n) is 22.3. The lowest BCUT2D eigenvalue weighted by atomic mass is 10.1. The van der Waals surface area contributed by atoms with Gasteiger partial charge in [-0.05, 0) is 65.0 Å². The number of anilines is 2. The summed E-state index contributed by atoms with van der Waals surface area (Å²) < 4.78 is 2.09. The van der Waals surface area contributed by atoms with Crippen molar-refractivity contribution in [3.8, 4) is 11.1 Å². The molecule has 3 aliphatic rings. The molecule has 0 saturated carbocycles. The summed E-state index contributed by atoms with van der Waals surface area (Å²) in [6.07, 6.45) is 6.38. The summed E-state index contributed by atoms with van der Waals surface area (Å²) in [6.45, 7) is 1.77. The van der Waals surface area contributed by atoms with E-state index in [0.717, 1.165) is 37.1 Å². The number of pyridine rings is 1. The van der Waals surface area contributed by atoms with Crippen LogP contribution in [-0.2, 0) is 16.1 Å². The molecule has 3 N–H and O–H groups in total. The van der Waals surface area contributed by atoms with Gasteiger partial charge in [-0.3, -0.25) is 19.1 Å². The summed E-state index contributed by atoms with van der Waals surface area (Å²) in [5.74, 6) is -0.120. The number of carbonyl (C=O) groups excluding carboxylic acids is 3. The molecule has 0 bridgehead atoms. The SMILES string of the molecule is NC(=O)c1nn(CC(=O)N2[C@@H]3S[C@@H]3C[C@H]2C(=O)Nc2cccc(Br)n2)c2ccc(-c3cnc(N4CCCC4)nc3)cc12. The number of rotatable bonds is 7. The van der Waals surface area contributed by atoms with Gasteiger partial charge in [0, 0.05) is 41.7 Å². The summed E-state index contributed by atoms with van der Waals surface area (Å²) in [5.41, 5.74) is 7.96. The molecular weight excluding hydrogens is 622 g/mol. The van der Waals surface area contributed by atoms with Gasteiger partial charge < -0.3 is 20.9 Å². The van der Waals surface area contributed by atoms with E-state index in [1.165, 1.54) is 4.68 Å². The van der Waals surface area contributed by atoms with Crippen LogP contribution in [0.25, 0.3) is 22.0 Å². The molecule has 0 aliphatic carbocycles. The number of nitrogens with zero attached hydrogens (tertiary/aromatic N) is 7. The number of likely N-dealkylation sites (tertiary alicyclic amines) is 1. The second kappa shape index (κ2) is 10.7. The van der Waals surface area contributed by atoms with E-state index in [1.807, 2.05) is 18.2 Å². The molecular formula is C28H26BrN9O3S. The van der Waals surface area contributed by atoms with Crippen molar-refractivity contribution in [1.82, 2.24) is 29.6 Å². The van der Waals surface area contributed by atoms with Gasteiger partial charge >= 0.3 is 0 Å². The molecule has 7 rings (SSSR count). The van der Waals surface area contributed by atoms with Crippen molar-refractivity contribution >= 4 is 68.1 Å². The van der Waals surface area contributed by atoms with Gasteiger partial charge in [-0.2, -0.15) is 5.10 Å². The number of aromatic nitrogens is 5. The molecule has 3 fully saturated rings. The molecule has 12 nitrogen and oxygen atoms in total. The lowest BCUT2D eigenvalue weighted by Crippen LogP contribution is -2.46. The molecule has 0 radical (unpaired) electrons. The number of nitrogens with two attached hydrogens (primary N) is 1. The minimum absolute atomic E-state index is 0.0590. The lowest BCUT2D eigenvalue weighted by molar-refractivity contribution is -0.137. The van der Waals surface area contributed by atoms with Gasteiger partial charge in [0.2, 0.25) is 17.8 Å². The van der Waals surface area contributed by atoms with Crippen molar-refractivity contribution in [2.45, 2.75) is 42.5 Å². The van der Waals surface area contributed by atoms with Crippen molar-refractivity contribution in [2.75, 3.05) is 23.3 Å². The zero-order valence-corrected chi connectivity index (χ0v) is 24.7. The zero-order chi connectivity index (χ0) is 29.0. The molecule has 3 saturated heterocycles. The number of benzene rings is 1. The maximum Gasteiger partial charge on any atom is 0.269 e. The fourth-order valence-corrected chi connectivity index (χ4v) is 7.26. The van der Waals surface area contributed by atoms with E-state index in [-0.39, 0.29) is 34.7 Å². The maximum atomic E-state index is 13.6. The Morgan fingerprint density at radius 2 is 1.86 bits per heavy atom. The monoisotopic (exact) mass is 647 g/mol. The third-order valence-electron chi connectivity index (χ3n) is 7.81. The number of amides is 3. The molecule has 3 atom stereocenters. The highest BCUT2D eigenvalue weighted by molar-refractivity contribution is 9.10. The first-order chi connectivity index (χ1) is 20.4. The van der Waals surface area contributed by atoms with Crippen LogP contribution >= 0.6 is 27.7 Å². The molecule has 0 unspecified atom stereocenters. The van der Waals surface area contributed by atoms with Crippen molar-refractivity contribution < 1.29 is 14.4 Å². The summed E-state index contributed by atoms with van der Waals surface area (Å²) in [7, 11) is 0. The van der Waals surface area contributed by atoms with E-state index in [0.29, 0.717) is 33.7 Å². The third-order valence-corrected chi connectivity index (χ3v) is 9.57. The molecule has 6 heterocycles. The molecule has 3 aliphatic heterocycles. The number of hydrogen-bond donors (Lipinski definition) is 2. The summed E-state index contributed by atoms with van der Waals surface area (Å²) in [5, 5.41) is 7.94. The first kappa shape index (κ1) is 26.8. The predicted molar refractivity (Wildman–Crippen MR) is 162 cm³/mol.